The molecule has 2 aliphatic carbocycles. The van der Waals surface area contributed by atoms with E-state index in [9.17, 15) is 4.79 Å². The summed E-state index contributed by atoms with van der Waals surface area (Å²) in [7, 11) is 0. The third kappa shape index (κ3) is 1.52. The molecule has 66 valence electrons. The van der Waals surface area contributed by atoms with Gasteiger partial charge in [0.25, 0.3) is 0 Å². The van der Waals surface area contributed by atoms with E-state index < -0.39 is 5.97 Å². The van der Waals surface area contributed by atoms with Crippen LogP contribution in [-0.2, 0) is 4.79 Å². The molecule has 2 aliphatic rings. The molecule has 0 aliphatic heterocycles. The lowest BCUT2D eigenvalue weighted by atomic mass is 10.1. The van der Waals surface area contributed by atoms with Crippen molar-refractivity contribution in [1.82, 2.24) is 0 Å². The van der Waals surface area contributed by atoms with Gasteiger partial charge in [-0.05, 0) is 38.0 Å². The lowest BCUT2D eigenvalue weighted by molar-refractivity contribution is -0.138. The number of carboxylic acid groups (broad SMARTS) is 1. The lowest BCUT2D eigenvalue weighted by Crippen LogP contribution is -1.98. The van der Waals surface area contributed by atoms with Gasteiger partial charge in [-0.2, -0.15) is 0 Å². The van der Waals surface area contributed by atoms with Crippen molar-refractivity contribution in [3.05, 3.63) is 11.6 Å². The van der Waals surface area contributed by atoms with E-state index in [0.717, 1.165) is 6.42 Å². The Hall–Kier alpha value is -0.790. The fraction of sp³-hybridized carbons (Fsp3) is 0.700. The van der Waals surface area contributed by atoms with E-state index in [1.54, 1.807) is 0 Å². The van der Waals surface area contributed by atoms with Gasteiger partial charge in [0, 0.05) is 0 Å². The first-order chi connectivity index (χ1) is 5.77. The van der Waals surface area contributed by atoms with Crippen molar-refractivity contribution in [2.24, 2.45) is 11.8 Å². The summed E-state index contributed by atoms with van der Waals surface area (Å²) in [6.45, 7) is 0. The Morgan fingerprint density at radius 2 is 2.08 bits per heavy atom. The third-order valence-corrected chi connectivity index (χ3v) is 2.85. The Kier molecular flexibility index (Phi) is 1.91. The van der Waals surface area contributed by atoms with Gasteiger partial charge in [0.1, 0.15) is 0 Å². The molecular formula is C10H14O2. The molecular weight excluding hydrogens is 152 g/mol. The molecule has 0 aromatic rings. The van der Waals surface area contributed by atoms with Crippen molar-refractivity contribution < 1.29 is 9.90 Å². The topological polar surface area (TPSA) is 37.3 Å². The minimum Gasteiger partial charge on any atom is -0.481 e. The number of aliphatic carboxylic acids is 1. The summed E-state index contributed by atoms with van der Waals surface area (Å²) in [4.78, 5) is 10.5. The minimum atomic E-state index is -0.616. The molecule has 0 aromatic carbocycles. The van der Waals surface area contributed by atoms with Gasteiger partial charge >= 0.3 is 5.97 Å². The van der Waals surface area contributed by atoms with Crippen molar-refractivity contribution >= 4 is 5.97 Å². The van der Waals surface area contributed by atoms with Crippen LogP contribution in [0.15, 0.2) is 11.6 Å². The van der Waals surface area contributed by atoms with Crippen LogP contribution in [-0.4, -0.2) is 11.1 Å². The second-order valence-corrected chi connectivity index (χ2v) is 3.88. The van der Waals surface area contributed by atoms with E-state index in [0.29, 0.717) is 5.92 Å². The number of carboxylic acids is 1. The second-order valence-electron chi connectivity index (χ2n) is 3.88. The maximum atomic E-state index is 10.5. The van der Waals surface area contributed by atoms with Gasteiger partial charge in [0.2, 0.25) is 0 Å². The fourth-order valence-corrected chi connectivity index (χ4v) is 1.98. The molecule has 0 amide bonds. The summed E-state index contributed by atoms with van der Waals surface area (Å²) < 4.78 is 0. The van der Waals surface area contributed by atoms with E-state index in [4.69, 9.17) is 5.11 Å². The predicted octanol–water partition coefficient (Wildman–Crippen LogP) is 2.21. The molecule has 2 saturated carbocycles. The Morgan fingerprint density at radius 3 is 2.58 bits per heavy atom. The molecule has 0 heterocycles. The minimum absolute atomic E-state index is 0.0573. The zero-order valence-corrected chi connectivity index (χ0v) is 7.12. The van der Waals surface area contributed by atoms with E-state index >= 15 is 0 Å². The van der Waals surface area contributed by atoms with Gasteiger partial charge in [-0.25, -0.2) is 0 Å². The molecule has 0 saturated heterocycles. The zero-order chi connectivity index (χ0) is 8.55. The first-order valence-electron chi connectivity index (χ1n) is 4.70. The van der Waals surface area contributed by atoms with Gasteiger partial charge in [-0.1, -0.05) is 11.6 Å². The average Bonchev–Trinajstić information content (AvgIpc) is 2.57. The maximum Gasteiger partial charge on any atom is 0.307 e. The highest BCUT2D eigenvalue weighted by Crippen LogP contribution is 2.42. The van der Waals surface area contributed by atoms with Crippen LogP contribution in [0.3, 0.4) is 0 Å². The first kappa shape index (κ1) is 7.84. The molecule has 2 rings (SSSR count). The van der Waals surface area contributed by atoms with Gasteiger partial charge in [0.05, 0.1) is 5.92 Å². The normalized spacial score (nSPS) is 33.5. The lowest BCUT2D eigenvalue weighted by Gasteiger charge is -1.93. The summed E-state index contributed by atoms with van der Waals surface area (Å²) >= 11 is 0. The number of hydrogen-bond donors (Lipinski definition) is 1. The van der Waals surface area contributed by atoms with Gasteiger partial charge in [0.15, 0.2) is 0 Å². The molecule has 0 radical (unpaired) electrons. The zero-order valence-electron chi connectivity index (χ0n) is 7.12. The molecule has 0 aromatic heterocycles. The van der Waals surface area contributed by atoms with Crippen LogP contribution < -0.4 is 0 Å². The Bertz CT molecular complexity index is 222. The fourth-order valence-electron chi connectivity index (χ4n) is 1.98. The van der Waals surface area contributed by atoms with E-state index in [1.165, 1.54) is 31.3 Å². The number of hydrogen-bond acceptors (Lipinski definition) is 1. The average molecular weight is 166 g/mol. The molecule has 2 fully saturated rings. The number of allylic oxidation sites excluding steroid dienone is 2. The molecule has 2 nitrogen and oxygen atoms in total. The van der Waals surface area contributed by atoms with Crippen LogP contribution in [0.25, 0.3) is 0 Å². The highest BCUT2D eigenvalue weighted by Gasteiger charge is 2.41. The molecule has 2 unspecified atom stereocenters. The largest absolute Gasteiger partial charge is 0.481 e. The van der Waals surface area contributed by atoms with Crippen molar-refractivity contribution in [3.8, 4) is 0 Å². The molecule has 0 bridgehead atoms. The van der Waals surface area contributed by atoms with Crippen LogP contribution >= 0.6 is 0 Å². The van der Waals surface area contributed by atoms with Crippen molar-refractivity contribution in [2.45, 2.75) is 32.1 Å². The molecule has 2 heteroatoms. The summed E-state index contributed by atoms with van der Waals surface area (Å²) in [5.74, 6) is -0.302. The summed E-state index contributed by atoms with van der Waals surface area (Å²) in [5.41, 5.74) is 1.50. The van der Waals surface area contributed by atoms with Crippen LogP contribution in [0.5, 0.6) is 0 Å². The number of rotatable bonds is 2. The predicted molar refractivity (Wildman–Crippen MR) is 45.8 cm³/mol. The first-order valence-corrected chi connectivity index (χ1v) is 4.70. The van der Waals surface area contributed by atoms with E-state index in [1.807, 2.05) is 0 Å². The van der Waals surface area contributed by atoms with Crippen LogP contribution in [0, 0.1) is 11.8 Å². The van der Waals surface area contributed by atoms with Crippen molar-refractivity contribution in [2.75, 3.05) is 0 Å². The van der Waals surface area contributed by atoms with Gasteiger partial charge in [-0.3, -0.25) is 4.79 Å². The van der Waals surface area contributed by atoms with Gasteiger partial charge < -0.3 is 5.11 Å². The Balaban J connectivity index is 1.89. The molecule has 12 heavy (non-hydrogen) atoms. The third-order valence-electron chi connectivity index (χ3n) is 2.85. The Morgan fingerprint density at radius 1 is 1.42 bits per heavy atom. The summed E-state index contributed by atoms with van der Waals surface area (Å²) in [5, 5.41) is 8.67. The Labute approximate surface area is 72.3 Å². The van der Waals surface area contributed by atoms with Crippen LogP contribution in [0.4, 0.5) is 0 Å². The van der Waals surface area contributed by atoms with E-state index in [2.05, 4.69) is 6.08 Å². The highest BCUT2D eigenvalue weighted by atomic mass is 16.4. The molecule has 1 N–H and O–H groups in total. The van der Waals surface area contributed by atoms with Crippen molar-refractivity contribution in [3.63, 3.8) is 0 Å². The molecule has 0 spiro atoms. The van der Waals surface area contributed by atoms with Crippen LogP contribution in [0.1, 0.15) is 32.1 Å². The van der Waals surface area contributed by atoms with Crippen LogP contribution in [0.2, 0.25) is 0 Å². The highest BCUT2D eigenvalue weighted by molar-refractivity contribution is 5.74. The molecule has 2 atom stereocenters. The second kappa shape index (κ2) is 2.92. The summed E-state index contributed by atoms with van der Waals surface area (Å²) in [6, 6.07) is 0. The summed E-state index contributed by atoms with van der Waals surface area (Å²) in [6.07, 6.45) is 8.11. The van der Waals surface area contributed by atoms with Gasteiger partial charge in [-0.15, -0.1) is 0 Å². The monoisotopic (exact) mass is 166 g/mol. The van der Waals surface area contributed by atoms with E-state index in [-0.39, 0.29) is 5.92 Å². The number of carbonyl (C=O) groups is 1. The maximum absolute atomic E-state index is 10.5. The standard InChI is InChI=1S/C10H14O2/c11-10(12)9-6-8(9)5-7-3-1-2-4-7/h5,8-9H,1-4,6H2,(H,11,12). The SMILES string of the molecule is O=C(O)C1CC1C=C1CCCC1. The smallest absolute Gasteiger partial charge is 0.307 e. The van der Waals surface area contributed by atoms with Crippen molar-refractivity contribution in [1.29, 1.82) is 0 Å². The quantitative estimate of drug-likeness (QED) is 0.638.